The molecule has 0 amide bonds. The first-order valence-electron chi connectivity index (χ1n) is 7.71. The fourth-order valence-electron chi connectivity index (χ4n) is 2.75. The minimum Gasteiger partial charge on any atom is -0.302 e. The zero-order chi connectivity index (χ0) is 14.3. The molecule has 0 aliphatic heterocycles. The molecule has 0 fully saturated rings. The van der Waals surface area contributed by atoms with Crippen LogP contribution in [-0.4, -0.2) is 6.29 Å². The summed E-state index contributed by atoms with van der Waals surface area (Å²) < 4.78 is 0. The van der Waals surface area contributed by atoms with Crippen LogP contribution >= 0.6 is 0 Å². The summed E-state index contributed by atoms with van der Waals surface area (Å²) in [6.45, 7) is 2.21. The Balaban J connectivity index is 1.98. The second-order valence-corrected chi connectivity index (χ2v) is 5.72. The number of benzene rings is 1. The molecule has 106 valence electrons. The quantitative estimate of drug-likeness (QED) is 0.491. The smallest absolute Gasteiger partial charge is 0.130 e. The lowest BCUT2D eigenvalue weighted by Gasteiger charge is -2.26. The number of aldehydes is 1. The van der Waals surface area contributed by atoms with Crippen LogP contribution in [0.1, 0.15) is 51.0 Å². The Labute approximate surface area is 122 Å². The van der Waals surface area contributed by atoms with Gasteiger partial charge in [0.1, 0.15) is 6.29 Å². The molecule has 20 heavy (non-hydrogen) atoms. The molecule has 0 radical (unpaired) electrons. The number of rotatable bonds is 7. The van der Waals surface area contributed by atoms with Crippen LogP contribution in [0.5, 0.6) is 0 Å². The maximum absolute atomic E-state index is 11.5. The second kappa shape index (κ2) is 7.23. The molecule has 0 saturated heterocycles. The minimum absolute atomic E-state index is 0.258. The molecule has 0 heterocycles. The summed E-state index contributed by atoms with van der Waals surface area (Å²) in [4.78, 5) is 11.5. The molecule has 0 saturated carbocycles. The molecule has 1 aliphatic carbocycles. The Morgan fingerprint density at radius 2 is 1.95 bits per heavy atom. The van der Waals surface area contributed by atoms with Crippen LogP contribution in [0.25, 0.3) is 5.57 Å². The van der Waals surface area contributed by atoms with E-state index in [0.717, 1.165) is 25.5 Å². The highest BCUT2D eigenvalue weighted by Crippen LogP contribution is 2.35. The summed E-state index contributed by atoms with van der Waals surface area (Å²) in [5.41, 5.74) is 2.21. The highest BCUT2D eigenvalue weighted by molar-refractivity contribution is 5.78. The Morgan fingerprint density at radius 3 is 2.55 bits per heavy atom. The van der Waals surface area contributed by atoms with E-state index in [9.17, 15) is 4.79 Å². The summed E-state index contributed by atoms with van der Waals surface area (Å²) in [6.07, 6.45) is 14.3. The molecule has 1 heteroatoms. The molecule has 1 atom stereocenters. The molecule has 2 rings (SSSR count). The SMILES string of the molecule is CCCCCCC1(C=O)C=CC(c2ccccc2)=CC1. The first-order valence-corrected chi connectivity index (χ1v) is 7.71. The molecule has 0 bridgehead atoms. The third kappa shape index (κ3) is 3.69. The van der Waals surface area contributed by atoms with Crippen molar-refractivity contribution in [3.8, 4) is 0 Å². The van der Waals surface area contributed by atoms with Crippen molar-refractivity contribution in [2.75, 3.05) is 0 Å². The normalized spacial score (nSPS) is 21.6. The van der Waals surface area contributed by atoms with Crippen molar-refractivity contribution in [2.24, 2.45) is 5.41 Å². The number of unbranched alkanes of at least 4 members (excludes halogenated alkanes) is 3. The molecule has 1 aromatic rings. The standard InChI is InChI=1S/C19H24O/c1-2-3-4-8-13-19(16-20)14-11-18(12-15-19)17-9-6-5-7-10-17/h5-7,9-12,14,16H,2-4,8,13,15H2,1H3. The Kier molecular flexibility index (Phi) is 5.34. The molecule has 1 aliphatic rings. The molecule has 0 spiro atoms. The predicted octanol–water partition coefficient (Wildman–Crippen LogP) is 5.19. The van der Waals surface area contributed by atoms with Gasteiger partial charge in [-0.3, -0.25) is 0 Å². The Morgan fingerprint density at radius 1 is 1.15 bits per heavy atom. The van der Waals surface area contributed by atoms with Gasteiger partial charge in [-0.25, -0.2) is 0 Å². The van der Waals surface area contributed by atoms with Crippen LogP contribution in [0.3, 0.4) is 0 Å². The van der Waals surface area contributed by atoms with Gasteiger partial charge in [-0.05, 0) is 24.0 Å². The zero-order valence-electron chi connectivity index (χ0n) is 12.3. The number of hydrogen-bond acceptors (Lipinski definition) is 1. The van der Waals surface area contributed by atoms with E-state index in [-0.39, 0.29) is 5.41 Å². The van der Waals surface area contributed by atoms with Gasteiger partial charge in [0.2, 0.25) is 0 Å². The first kappa shape index (κ1) is 14.8. The molecule has 0 N–H and O–H groups in total. The number of hydrogen-bond donors (Lipinski definition) is 0. The van der Waals surface area contributed by atoms with Crippen molar-refractivity contribution >= 4 is 11.9 Å². The average molecular weight is 268 g/mol. The van der Waals surface area contributed by atoms with Crippen LogP contribution in [0, 0.1) is 5.41 Å². The largest absolute Gasteiger partial charge is 0.302 e. The van der Waals surface area contributed by atoms with Crippen molar-refractivity contribution in [2.45, 2.75) is 45.4 Å². The molecular weight excluding hydrogens is 244 g/mol. The topological polar surface area (TPSA) is 17.1 Å². The van der Waals surface area contributed by atoms with Gasteiger partial charge in [-0.15, -0.1) is 0 Å². The van der Waals surface area contributed by atoms with Crippen molar-refractivity contribution in [3.05, 3.63) is 54.1 Å². The summed E-state index contributed by atoms with van der Waals surface area (Å²) >= 11 is 0. The van der Waals surface area contributed by atoms with E-state index < -0.39 is 0 Å². The third-order valence-electron chi connectivity index (χ3n) is 4.13. The molecule has 1 aromatic carbocycles. The van der Waals surface area contributed by atoms with E-state index in [1.165, 1.54) is 30.4 Å². The molecule has 0 aromatic heterocycles. The summed E-state index contributed by atoms with van der Waals surface area (Å²) in [5.74, 6) is 0. The number of allylic oxidation sites excluding steroid dienone is 4. The van der Waals surface area contributed by atoms with E-state index >= 15 is 0 Å². The molecule has 1 unspecified atom stereocenters. The van der Waals surface area contributed by atoms with Gasteiger partial charge in [0.15, 0.2) is 0 Å². The van der Waals surface area contributed by atoms with E-state index in [4.69, 9.17) is 0 Å². The second-order valence-electron chi connectivity index (χ2n) is 5.72. The fraction of sp³-hybridized carbons (Fsp3) is 0.421. The van der Waals surface area contributed by atoms with E-state index in [1.54, 1.807) is 0 Å². The van der Waals surface area contributed by atoms with Crippen molar-refractivity contribution < 1.29 is 4.79 Å². The van der Waals surface area contributed by atoms with E-state index in [1.807, 2.05) is 6.07 Å². The summed E-state index contributed by atoms with van der Waals surface area (Å²) in [7, 11) is 0. The highest BCUT2D eigenvalue weighted by Gasteiger charge is 2.27. The fourth-order valence-corrected chi connectivity index (χ4v) is 2.75. The van der Waals surface area contributed by atoms with Gasteiger partial charge < -0.3 is 4.79 Å². The maximum Gasteiger partial charge on any atom is 0.130 e. The average Bonchev–Trinajstić information content (AvgIpc) is 2.53. The van der Waals surface area contributed by atoms with Crippen LogP contribution < -0.4 is 0 Å². The van der Waals surface area contributed by atoms with Crippen molar-refractivity contribution in [3.63, 3.8) is 0 Å². The van der Waals surface area contributed by atoms with Gasteiger partial charge in [0.05, 0.1) is 0 Å². The highest BCUT2D eigenvalue weighted by atomic mass is 16.1. The lowest BCUT2D eigenvalue weighted by atomic mass is 9.76. The Bertz CT molecular complexity index is 484. The van der Waals surface area contributed by atoms with Crippen LogP contribution in [0.15, 0.2) is 48.6 Å². The van der Waals surface area contributed by atoms with Crippen LogP contribution in [0.2, 0.25) is 0 Å². The maximum atomic E-state index is 11.5. The van der Waals surface area contributed by atoms with E-state index in [2.05, 4.69) is 49.4 Å². The third-order valence-corrected chi connectivity index (χ3v) is 4.13. The predicted molar refractivity (Wildman–Crippen MR) is 85.4 cm³/mol. The number of carbonyl (C=O) groups excluding carboxylic acids is 1. The van der Waals surface area contributed by atoms with Gasteiger partial charge >= 0.3 is 0 Å². The zero-order valence-corrected chi connectivity index (χ0v) is 12.3. The number of carbonyl (C=O) groups is 1. The Hall–Kier alpha value is -1.63. The van der Waals surface area contributed by atoms with Crippen LogP contribution in [0.4, 0.5) is 0 Å². The minimum atomic E-state index is -0.258. The van der Waals surface area contributed by atoms with Gasteiger partial charge in [0.25, 0.3) is 0 Å². The monoisotopic (exact) mass is 268 g/mol. The lowest BCUT2D eigenvalue weighted by molar-refractivity contribution is -0.114. The van der Waals surface area contributed by atoms with Crippen molar-refractivity contribution in [1.82, 2.24) is 0 Å². The first-order chi connectivity index (χ1) is 9.79. The van der Waals surface area contributed by atoms with Gasteiger partial charge in [-0.2, -0.15) is 0 Å². The summed E-state index contributed by atoms with van der Waals surface area (Å²) in [5, 5.41) is 0. The van der Waals surface area contributed by atoms with Gasteiger partial charge in [-0.1, -0.05) is 81.2 Å². The lowest BCUT2D eigenvalue weighted by Crippen LogP contribution is -2.21. The van der Waals surface area contributed by atoms with Gasteiger partial charge in [0, 0.05) is 5.41 Å². The molecular formula is C19H24O. The molecule has 1 nitrogen and oxygen atoms in total. The van der Waals surface area contributed by atoms with E-state index in [0.29, 0.717) is 0 Å². The van der Waals surface area contributed by atoms with Crippen LogP contribution in [-0.2, 0) is 4.79 Å². The van der Waals surface area contributed by atoms with Crippen molar-refractivity contribution in [1.29, 1.82) is 0 Å². The summed E-state index contributed by atoms with van der Waals surface area (Å²) in [6, 6.07) is 10.4.